The Bertz CT molecular complexity index is 357. The monoisotopic (exact) mass is 232 g/mol. The van der Waals surface area contributed by atoms with Crippen LogP contribution in [0.4, 0.5) is 0 Å². The predicted octanol–water partition coefficient (Wildman–Crippen LogP) is 2.87. The molecule has 0 atom stereocenters. The van der Waals surface area contributed by atoms with E-state index in [2.05, 4.69) is 17.5 Å². The van der Waals surface area contributed by atoms with Crippen molar-refractivity contribution in [2.75, 3.05) is 13.2 Å². The van der Waals surface area contributed by atoms with Crippen molar-refractivity contribution < 1.29 is 4.74 Å². The van der Waals surface area contributed by atoms with E-state index in [4.69, 9.17) is 10.00 Å². The molecule has 3 nitrogen and oxygen atoms in total. The van der Waals surface area contributed by atoms with E-state index in [0.717, 1.165) is 31.7 Å². The third-order valence-electron chi connectivity index (χ3n) is 2.48. The minimum Gasteiger partial charge on any atom is -0.494 e. The minimum absolute atomic E-state index is 0.650. The maximum Gasteiger partial charge on any atom is 0.123 e. The highest BCUT2D eigenvalue weighted by molar-refractivity contribution is 5.33. The van der Waals surface area contributed by atoms with E-state index in [1.54, 1.807) is 0 Å². The molecule has 0 fully saturated rings. The molecule has 0 aliphatic rings. The van der Waals surface area contributed by atoms with Crippen LogP contribution in [0, 0.1) is 11.3 Å². The Balaban J connectivity index is 2.28. The zero-order valence-corrected chi connectivity index (χ0v) is 10.4. The molecule has 0 radical (unpaired) electrons. The van der Waals surface area contributed by atoms with Gasteiger partial charge in [-0.2, -0.15) is 5.26 Å². The average Bonchev–Trinajstić information content (AvgIpc) is 2.36. The number of nitriles is 1. The Morgan fingerprint density at radius 2 is 2.12 bits per heavy atom. The fourth-order valence-corrected chi connectivity index (χ4v) is 1.62. The number of nitrogens with one attached hydrogen (secondary N) is 1. The second kappa shape index (κ2) is 8.60. The van der Waals surface area contributed by atoms with Crippen LogP contribution in [0.25, 0.3) is 0 Å². The molecule has 0 unspecified atom stereocenters. The van der Waals surface area contributed by atoms with Crippen LogP contribution in [0.1, 0.15) is 31.7 Å². The van der Waals surface area contributed by atoms with Crippen LogP contribution in [-0.4, -0.2) is 13.2 Å². The summed E-state index contributed by atoms with van der Waals surface area (Å²) in [6.45, 7) is 4.45. The van der Waals surface area contributed by atoms with Gasteiger partial charge in [0.2, 0.25) is 0 Å². The first-order valence-corrected chi connectivity index (χ1v) is 6.17. The van der Waals surface area contributed by atoms with Gasteiger partial charge in [0.05, 0.1) is 12.7 Å². The molecule has 0 spiro atoms. The Kier molecular flexibility index (Phi) is 6.85. The number of para-hydroxylation sites is 1. The van der Waals surface area contributed by atoms with Crippen LogP contribution in [0.5, 0.6) is 5.75 Å². The molecule has 0 heterocycles. The van der Waals surface area contributed by atoms with Gasteiger partial charge in [-0.15, -0.1) is 0 Å². The molecule has 0 aliphatic heterocycles. The first-order chi connectivity index (χ1) is 8.38. The molecule has 0 bridgehead atoms. The lowest BCUT2D eigenvalue weighted by Crippen LogP contribution is -2.15. The van der Waals surface area contributed by atoms with Crippen molar-refractivity contribution in [3.05, 3.63) is 29.8 Å². The lowest BCUT2D eigenvalue weighted by Gasteiger charge is -2.10. The largest absolute Gasteiger partial charge is 0.494 e. The molecule has 0 amide bonds. The fourth-order valence-electron chi connectivity index (χ4n) is 1.62. The third-order valence-corrected chi connectivity index (χ3v) is 2.48. The molecule has 17 heavy (non-hydrogen) atoms. The van der Waals surface area contributed by atoms with E-state index in [0.29, 0.717) is 13.0 Å². The van der Waals surface area contributed by atoms with Crippen LogP contribution in [-0.2, 0) is 6.54 Å². The SMILES string of the molecule is CCOc1ccccc1CNCCCCC#N. The van der Waals surface area contributed by atoms with Gasteiger partial charge >= 0.3 is 0 Å². The quantitative estimate of drug-likeness (QED) is 0.701. The summed E-state index contributed by atoms with van der Waals surface area (Å²) in [5.41, 5.74) is 1.19. The first kappa shape index (κ1) is 13.5. The topological polar surface area (TPSA) is 45.0 Å². The predicted molar refractivity (Wildman–Crippen MR) is 68.8 cm³/mol. The molecule has 0 aromatic heterocycles. The maximum absolute atomic E-state index is 8.41. The standard InChI is InChI=1S/C14H20N2O/c1-2-17-14-9-5-4-8-13(14)12-16-11-7-3-6-10-15/h4-5,8-9,16H,2-3,6-7,11-12H2,1H3. The minimum atomic E-state index is 0.650. The van der Waals surface area contributed by atoms with Gasteiger partial charge in [0.25, 0.3) is 0 Å². The van der Waals surface area contributed by atoms with Crippen LogP contribution < -0.4 is 10.1 Å². The highest BCUT2D eigenvalue weighted by Gasteiger charge is 2.00. The molecule has 1 aromatic rings. The first-order valence-electron chi connectivity index (χ1n) is 6.17. The van der Waals surface area contributed by atoms with Crippen LogP contribution in [0.3, 0.4) is 0 Å². The van der Waals surface area contributed by atoms with Gasteiger partial charge in [-0.25, -0.2) is 0 Å². The average molecular weight is 232 g/mol. The van der Waals surface area contributed by atoms with Crippen LogP contribution >= 0.6 is 0 Å². The van der Waals surface area contributed by atoms with Crippen LogP contribution in [0.2, 0.25) is 0 Å². The Hall–Kier alpha value is -1.53. The van der Waals surface area contributed by atoms with E-state index in [1.807, 2.05) is 25.1 Å². The number of hydrogen-bond donors (Lipinski definition) is 1. The van der Waals surface area contributed by atoms with Gasteiger partial charge < -0.3 is 10.1 Å². The molecule has 0 saturated heterocycles. The Labute approximate surface area is 103 Å². The summed E-state index contributed by atoms with van der Waals surface area (Å²) in [6, 6.07) is 10.2. The number of benzene rings is 1. The van der Waals surface area contributed by atoms with Gasteiger partial charge in [0, 0.05) is 18.5 Å². The molecule has 1 aromatic carbocycles. The molecule has 3 heteroatoms. The van der Waals surface area contributed by atoms with E-state index in [9.17, 15) is 0 Å². The lowest BCUT2D eigenvalue weighted by atomic mass is 10.2. The highest BCUT2D eigenvalue weighted by atomic mass is 16.5. The summed E-state index contributed by atoms with van der Waals surface area (Å²) >= 11 is 0. The van der Waals surface area contributed by atoms with E-state index < -0.39 is 0 Å². The fraction of sp³-hybridized carbons (Fsp3) is 0.500. The molecular formula is C14H20N2O. The summed E-state index contributed by atoms with van der Waals surface area (Å²) in [5, 5.41) is 11.8. The zero-order valence-electron chi connectivity index (χ0n) is 10.4. The van der Waals surface area contributed by atoms with Crippen molar-refractivity contribution in [3.63, 3.8) is 0 Å². The number of rotatable bonds is 8. The second-order valence-corrected chi connectivity index (χ2v) is 3.83. The van der Waals surface area contributed by atoms with Crippen molar-refractivity contribution in [1.29, 1.82) is 5.26 Å². The normalized spacial score (nSPS) is 9.88. The summed E-state index contributed by atoms with van der Waals surface area (Å²) in [4.78, 5) is 0. The number of ether oxygens (including phenoxy) is 1. The van der Waals surface area contributed by atoms with Crippen molar-refractivity contribution >= 4 is 0 Å². The zero-order chi connectivity index (χ0) is 12.3. The van der Waals surface area contributed by atoms with E-state index >= 15 is 0 Å². The van der Waals surface area contributed by atoms with Crippen molar-refractivity contribution in [1.82, 2.24) is 5.32 Å². The number of hydrogen-bond acceptors (Lipinski definition) is 3. The molecule has 1 rings (SSSR count). The van der Waals surface area contributed by atoms with Gasteiger partial charge in [-0.05, 0) is 32.4 Å². The van der Waals surface area contributed by atoms with Gasteiger partial charge in [0.15, 0.2) is 0 Å². The van der Waals surface area contributed by atoms with E-state index in [1.165, 1.54) is 5.56 Å². The molecular weight excluding hydrogens is 212 g/mol. The maximum atomic E-state index is 8.41. The Morgan fingerprint density at radius 1 is 1.29 bits per heavy atom. The molecule has 92 valence electrons. The third kappa shape index (κ3) is 5.37. The van der Waals surface area contributed by atoms with Crippen molar-refractivity contribution in [3.8, 4) is 11.8 Å². The van der Waals surface area contributed by atoms with Gasteiger partial charge in [-0.3, -0.25) is 0 Å². The summed E-state index contributed by atoms with van der Waals surface area (Å²) in [5.74, 6) is 0.958. The van der Waals surface area contributed by atoms with Gasteiger partial charge in [-0.1, -0.05) is 18.2 Å². The summed E-state index contributed by atoms with van der Waals surface area (Å²) in [7, 11) is 0. The number of nitrogens with zero attached hydrogens (tertiary/aromatic N) is 1. The van der Waals surface area contributed by atoms with Crippen molar-refractivity contribution in [2.45, 2.75) is 32.7 Å². The second-order valence-electron chi connectivity index (χ2n) is 3.83. The highest BCUT2D eigenvalue weighted by Crippen LogP contribution is 2.17. The Morgan fingerprint density at radius 3 is 2.88 bits per heavy atom. The summed E-state index contributed by atoms with van der Waals surface area (Å²) in [6.07, 6.45) is 2.66. The molecule has 0 saturated carbocycles. The van der Waals surface area contributed by atoms with Crippen LogP contribution in [0.15, 0.2) is 24.3 Å². The lowest BCUT2D eigenvalue weighted by molar-refractivity contribution is 0.335. The smallest absolute Gasteiger partial charge is 0.123 e. The molecule has 0 aliphatic carbocycles. The number of unbranched alkanes of at least 4 members (excludes halogenated alkanes) is 2. The van der Waals surface area contributed by atoms with Gasteiger partial charge in [0.1, 0.15) is 5.75 Å². The van der Waals surface area contributed by atoms with Crippen molar-refractivity contribution in [2.24, 2.45) is 0 Å². The summed E-state index contributed by atoms with van der Waals surface area (Å²) < 4.78 is 5.55. The van der Waals surface area contributed by atoms with E-state index in [-0.39, 0.29) is 0 Å². The molecule has 1 N–H and O–H groups in total.